The first-order valence-corrected chi connectivity index (χ1v) is 8.80. The first kappa shape index (κ1) is 15.4. The number of rotatable bonds is 3. The average molecular weight is 320 g/mol. The van der Waals surface area contributed by atoms with E-state index in [2.05, 4.69) is 43.3 Å². The summed E-state index contributed by atoms with van der Waals surface area (Å²) in [6, 6.07) is 18.8. The number of hydrogen-bond donors (Lipinski definition) is 1. The van der Waals surface area contributed by atoms with E-state index in [1.165, 1.54) is 16.7 Å². The number of likely N-dealkylation sites (tertiary alicyclic amines) is 1. The maximum Gasteiger partial charge on any atom is 0.226 e. The third kappa shape index (κ3) is 2.73. The van der Waals surface area contributed by atoms with Gasteiger partial charge in [0.1, 0.15) is 0 Å². The molecule has 24 heavy (non-hydrogen) atoms. The van der Waals surface area contributed by atoms with E-state index < -0.39 is 0 Å². The number of carbonyl (C=O) groups is 1. The van der Waals surface area contributed by atoms with Crippen LogP contribution < -0.4 is 5.73 Å². The van der Waals surface area contributed by atoms with Gasteiger partial charge in [-0.2, -0.15) is 0 Å². The van der Waals surface area contributed by atoms with Crippen molar-refractivity contribution in [3.05, 3.63) is 71.3 Å². The monoisotopic (exact) mass is 320 g/mol. The first-order chi connectivity index (χ1) is 11.6. The van der Waals surface area contributed by atoms with E-state index in [1.54, 1.807) is 0 Å². The van der Waals surface area contributed by atoms with Gasteiger partial charge >= 0.3 is 0 Å². The van der Waals surface area contributed by atoms with Crippen molar-refractivity contribution in [2.24, 2.45) is 11.7 Å². The van der Waals surface area contributed by atoms with Crippen molar-refractivity contribution in [1.82, 2.24) is 4.90 Å². The zero-order chi connectivity index (χ0) is 16.7. The molecule has 2 aromatic rings. The fourth-order valence-corrected chi connectivity index (χ4v) is 4.11. The molecule has 2 aliphatic rings. The van der Waals surface area contributed by atoms with Crippen molar-refractivity contribution in [1.29, 1.82) is 0 Å². The molecule has 1 amide bonds. The van der Waals surface area contributed by atoms with Crippen LogP contribution in [-0.4, -0.2) is 29.9 Å². The lowest BCUT2D eigenvalue weighted by atomic mass is 9.95. The number of hydrogen-bond acceptors (Lipinski definition) is 2. The molecule has 3 nitrogen and oxygen atoms in total. The van der Waals surface area contributed by atoms with Crippen LogP contribution in [-0.2, 0) is 4.79 Å². The predicted molar refractivity (Wildman–Crippen MR) is 95.8 cm³/mol. The molecule has 3 heteroatoms. The molecular weight excluding hydrogens is 296 g/mol. The van der Waals surface area contributed by atoms with Crippen molar-refractivity contribution in [2.75, 3.05) is 13.1 Å². The zero-order valence-corrected chi connectivity index (χ0v) is 14.1. The SMILES string of the molecule is Cc1ccccc1C1CC1C(=O)N1C[C@@H](N)[C@H](c2ccccc2)C1. The van der Waals surface area contributed by atoms with Crippen LogP contribution in [0.2, 0.25) is 0 Å². The van der Waals surface area contributed by atoms with Crippen LogP contribution in [0.25, 0.3) is 0 Å². The van der Waals surface area contributed by atoms with Crippen LogP contribution >= 0.6 is 0 Å². The molecule has 4 atom stereocenters. The summed E-state index contributed by atoms with van der Waals surface area (Å²) >= 11 is 0. The van der Waals surface area contributed by atoms with Crippen LogP contribution in [0.4, 0.5) is 0 Å². The Kier molecular flexibility index (Phi) is 3.89. The van der Waals surface area contributed by atoms with E-state index in [-0.39, 0.29) is 23.8 Å². The molecule has 4 rings (SSSR count). The Morgan fingerprint density at radius 1 is 1.00 bits per heavy atom. The van der Waals surface area contributed by atoms with Crippen molar-refractivity contribution < 1.29 is 4.79 Å². The minimum Gasteiger partial charge on any atom is -0.340 e. The highest BCUT2D eigenvalue weighted by Crippen LogP contribution is 2.50. The van der Waals surface area contributed by atoms with Crippen molar-refractivity contribution in [3.8, 4) is 0 Å². The highest BCUT2D eigenvalue weighted by molar-refractivity contribution is 5.83. The second-order valence-corrected chi connectivity index (χ2v) is 7.23. The van der Waals surface area contributed by atoms with Gasteiger partial charge in [0.15, 0.2) is 0 Å². The standard InChI is InChI=1S/C21H24N2O/c1-14-7-5-6-10-16(14)17-11-18(17)21(24)23-12-19(20(22)13-23)15-8-3-2-4-9-15/h2-10,17-20H,11-13,22H2,1H3/t17?,18?,19-,20+/m0/s1. The van der Waals surface area contributed by atoms with Crippen molar-refractivity contribution >= 4 is 5.91 Å². The van der Waals surface area contributed by atoms with Gasteiger partial charge in [-0.3, -0.25) is 4.79 Å². The Balaban J connectivity index is 1.45. The smallest absolute Gasteiger partial charge is 0.226 e. The summed E-state index contributed by atoms with van der Waals surface area (Å²) in [5.74, 6) is 1.08. The summed E-state index contributed by atoms with van der Waals surface area (Å²) < 4.78 is 0. The fourth-order valence-electron chi connectivity index (χ4n) is 4.11. The summed E-state index contributed by atoms with van der Waals surface area (Å²) in [4.78, 5) is 14.9. The van der Waals surface area contributed by atoms with E-state index in [9.17, 15) is 4.79 Å². The second kappa shape index (κ2) is 6.06. The third-order valence-electron chi connectivity index (χ3n) is 5.60. The maximum atomic E-state index is 12.9. The molecule has 1 aliphatic carbocycles. The van der Waals surface area contributed by atoms with Crippen LogP contribution in [0.15, 0.2) is 54.6 Å². The molecule has 2 unspecified atom stereocenters. The van der Waals surface area contributed by atoms with E-state index in [4.69, 9.17) is 5.73 Å². The van der Waals surface area contributed by atoms with Crippen molar-refractivity contribution in [2.45, 2.75) is 31.2 Å². The number of nitrogens with two attached hydrogens (primary N) is 1. The topological polar surface area (TPSA) is 46.3 Å². The minimum absolute atomic E-state index is 0.0343. The average Bonchev–Trinajstić information content (AvgIpc) is 3.30. The van der Waals surface area contributed by atoms with Crippen LogP contribution in [0, 0.1) is 12.8 Å². The van der Waals surface area contributed by atoms with Gasteiger partial charge in [0, 0.05) is 31.0 Å². The Bertz CT molecular complexity index is 743. The number of nitrogens with zero attached hydrogens (tertiary/aromatic N) is 1. The molecule has 0 bridgehead atoms. The van der Waals surface area contributed by atoms with Crippen LogP contribution in [0.5, 0.6) is 0 Å². The number of amides is 1. The van der Waals surface area contributed by atoms with E-state index in [1.807, 2.05) is 23.1 Å². The molecule has 2 N–H and O–H groups in total. The van der Waals surface area contributed by atoms with Gasteiger partial charge < -0.3 is 10.6 Å². The third-order valence-corrected chi connectivity index (χ3v) is 5.60. The summed E-state index contributed by atoms with van der Waals surface area (Å²) in [6.07, 6.45) is 0.978. The molecule has 124 valence electrons. The highest BCUT2D eigenvalue weighted by Gasteiger charge is 2.48. The van der Waals surface area contributed by atoms with Gasteiger partial charge in [0.05, 0.1) is 0 Å². The number of benzene rings is 2. The lowest BCUT2D eigenvalue weighted by Gasteiger charge is -2.17. The normalized spacial score (nSPS) is 28.8. The van der Waals surface area contributed by atoms with Gasteiger partial charge in [-0.05, 0) is 36.0 Å². The van der Waals surface area contributed by atoms with Crippen LogP contribution in [0.3, 0.4) is 0 Å². The first-order valence-electron chi connectivity index (χ1n) is 8.80. The summed E-state index contributed by atoms with van der Waals surface area (Å²) in [5, 5.41) is 0. The zero-order valence-electron chi connectivity index (χ0n) is 14.1. The Morgan fingerprint density at radius 3 is 2.46 bits per heavy atom. The van der Waals surface area contributed by atoms with Gasteiger partial charge in [0.25, 0.3) is 0 Å². The maximum absolute atomic E-state index is 12.9. The molecule has 1 aliphatic heterocycles. The largest absolute Gasteiger partial charge is 0.340 e. The molecule has 0 spiro atoms. The van der Waals surface area contributed by atoms with Crippen LogP contribution in [0.1, 0.15) is 34.9 Å². The Labute approximate surface area is 143 Å². The molecule has 1 saturated carbocycles. The highest BCUT2D eigenvalue weighted by atomic mass is 16.2. The molecular formula is C21H24N2O. The molecule has 1 saturated heterocycles. The lowest BCUT2D eigenvalue weighted by molar-refractivity contribution is -0.131. The van der Waals surface area contributed by atoms with Gasteiger partial charge in [-0.1, -0.05) is 54.6 Å². The Hall–Kier alpha value is -2.13. The van der Waals surface area contributed by atoms with Crippen molar-refractivity contribution in [3.63, 3.8) is 0 Å². The van der Waals surface area contributed by atoms with Gasteiger partial charge in [0.2, 0.25) is 5.91 Å². The quantitative estimate of drug-likeness (QED) is 0.945. The minimum atomic E-state index is 0.0343. The number of carbonyl (C=O) groups excluding carboxylic acids is 1. The summed E-state index contributed by atoms with van der Waals surface area (Å²) in [5.41, 5.74) is 10.2. The summed E-state index contributed by atoms with van der Waals surface area (Å²) in [6.45, 7) is 3.56. The van der Waals surface area contributed by atoms with E-state index in [0.717, 1.165) is 13.0 Å². The fraction of sp³-hybridized carbons (Fsp3) is 0.381. The summed E-state index contributed by atoms with van der Waals surface area (Å²) in [7, 11) is 0. The molecule has 2 fully saturated rings. The van der Waals surface area contributed by atoms with E-state index in [0.29, 0.717) is 12.5 Å². The molecule has 0 radical (unpaired) electrons. The molecule has 0 aromatic heterocycles. The Morgan fingerprint density at radius 2 is 1.71 bits per heavy atom. The molecule has 1 heterocycles. The molecule has 2 aromatic carbocycles. The van der Waals surface area contributed by atoms with Gasteiger partial charge in [-0.25, -0.2) is 0 Å². The number of aryl methyl sites for hydroxylation is 1. The lowest BCUT2D eigenvalue weighted by Crippen LogP contribution is -2.33. The van der Waals surface area contributed by atoms with Gasteiger partial charge in [-0.15, -0.1) is 0 Å². The second-order valence-electron chi connectivity index (χ2n) is 7.23. The predicted octanol–water partition coefficient (Wildman–Crippen LogP) is 3.05. The van der Waals surface area contributed by atoms with E-state index >= 15 is 0 Å².